The number of ether oxygens (including phenoxy) is 1. The van der Waals surface area contributed by atoms with E-state index < -0.39 is 0 Å². The maximum absolute atomic E-state index is 12.9. The second-order valence-corrected chi connectivity index (χ2v) is 7.78. The Hall–Kier alpha value is -2.61. The summed E-state index contributed by atoms with van der Waals surface area (Å²) in [5, 5.41) is 8.15. The number of rotatable bonds is 8. The molecular formula is C20H28N4O3S. The molecule has 0 aliphatic carbocycles. The lowest BCUT2D eigenvalue weighted by atomic mass is 10.3. The fourth-order valence-corrected chi connectivity index (χ4v) is 3.27. The number of nitrogens with zero attached hydrogens (tertiary/aromatic N) is 2. The molecule has 0 saturated carbocycles. The number of urea groups is 1. The predicted molar refractivity (Wildman–Crippen MR) is 112 cm³/mol. The van der Waals surface area contributed by atoms with E-state index in [0.717, 1.165) is 0 Å². The van der Waals surface area contributed by atoms with Gasteiger partial charge < -0.3 is 20.3 Å². The monoisotopic (exact) mass is 404 g/mol. The first-order valence-corrected chi connectivity index (χ1v) is 10.2. The van der Waals surface area contributed by atoms with Gasteiger partial charge in [-0.05, 0) is 46.8 Å². The SMILES string of the molecule is CCOc1ccccc1NC(=O)N(Cc1nc(C(=O)NC(C)C)cs1)C(C)C. The van der Waals surface area contributed by atoms with Crippen LogP contribution in [-0.4, -0.2) is 40.5 Å². The van der Waals surface area contributed by atoms with E-state index in [1.165, 1.54) is 11.3 Å². The Labute approximate surface area is 170 Å². The van der Waals surface area contributed by atoms with Crippen LogP contribution in [0.2, 0.25) is 0 Å². The molecule has 8 heteroatoms. The van der Waals surface area contributed by atoms with Gasteiger partial charge in [0.2, 0.25) is 0 Å². The molecule has 1 aromatic heterocycles. The maximum atomic E-state index is 12.9. The average molecular weight is 405 g/mol. The van der Waals surface area contributed by atoms with Gasteiger partial charge in [-0.1, -0.05) is 12.1 Å². The lowest BCUT2D eigenvalue weighted by Crippen LogP contribution is -2.39. The number of carbonyl (C=O) groups is 2. The van der Waals surface area contributed by atoms with Gasteiger partial charge >= 0.3 is 6.03 Å². The number of amides is 3. The van der Waals surface area contributed by atoms with Crippen molar-refractivity contribution in [2.75, 3.05) is 11.9 Å². The van der Waals surface area contributed by atoms with Crippen LogP contribution in [0.3, 0.4) is 0 Å². The second kappa shape index (κ2) is 10.1. The van der Waals surface area contributed by atoms with Gasteiger partial charge in [0.1, 0.15) is 16.5 Å². The van der Waals surface area contributed by atoms with Crippen molar-refractivity contribution in [3.8, 4) is 5.75 Å². The number of carbonyl (C=O) groups excluding carboxylic acids is 2. The maximum Gasteiger partial charge on any atom is 0.322 e. The molecule has 2 N–H and O–H groups in total. The third-order valence-electron chi connectivity index (χ3n) is 3.82. The Morgan fingerprint density at radius 2 is 1.93 bits per heavy atom. The first-order chi connectivity index (χ1) is 13.3. The molecule has 0 unspecified atom stereocenters. The van der Waals surface area contributed by atoms with E-state index in [2.05, 4.69) is 15.6 Å². The Bertz CT molecular complexity index is 804. The second-order valence-electron chi connectivity index (χ2n) is 6.84. The number of hydrogen-bond acceptors (Lipinski definition) is 5. The lowest BCUT2D eigenvalue weighted by molar-refractivity contribution is 0.0938. The molecule has 1 aromatic carbocycles. The number of aromatic nitrogens is 1. The Morgan fingerprint density at radius 3 is 2.57 bits per heavy atom. The van der Waals surface area contributed by atoms with E-state index >= 15 is 0 Å². The molecule has 0 bridgehead atoms. The topological polar surface area (TPSA) is 83.6 Å². The molecule has 1 heterocycles. The largest absolute Gasteiger partial charge is 0.492 e. The molecule has 7 nitrogen and oxygen atoms in total. The average Bonchev–Trinajstić information content (AvgIpc) is 3.09. The number of hydrogen-bond donors (Lipinski definition) is 2. The van der Waals surface area contributed by atoms with E-state index in [0.29, 0.717) is 35.3 Å². The van der Waals surface area contributed by atoms with Crippen LogP contribution in [-0.2, 0) is 6.54 Å². The first-order valence-electron chi connectivity index (χ1n) is 9.36. The molecule has 3 amide bonds. The zero-order valence-corrected chi connectivity index (χ0v) is 17.8. The summed E-state index contributed by atoms with van der Waals surface area (Å²) < 4.78 is 5.57. The van der Waals surface area contributed by atoms with Gasteiger partial charge in [0.15, 0.2) is 0 Å². The molecule has 152 valence electrons. The summed E-state index contributed by atoms with van der Waals surface area (Å²) in [6.07, 6.45) is 0. The van der Waals surface area contributed by atoms with Crippen LogP contribution in [0.4, 0.5) is 10.5 Å². The highest BCUT2D eigenvalue weighted by Gasteiger charge is 2.21. The number of nitrogens with one attached hydrogen (secondary N) is 2. The van der Waals surface area contributed by atoms with Crippen molar-refractivity contribution in [2.45, 2.75) is 53.2 Å². The summed E-state index contributed by atoms with van der Waals surface area (Å²) >= 11 is 1.37. The molecule has 0 atom stereocenters. The summed E-state index contributed by atoms with van der Waals surface area (Å²) in [4.78, 5) is 31.0. The normalized spacial score (nSPS) is 10.8. The minimum Gasteiger partial charge on any atom is -0.492 e. The molecule has 0 saturated heterocycles. The van der Waals surface area contributed by atoms with Gasteiger partial charge in [-0.25, -0.2) is 9.78 Å². The standard InChI is InChI=1S/C20H28N4O3S/c1-6-27-17-10-8-7-9-15(17)23-20(26)24(14(4)5)11-18-22-16(12-28-18)19(25)21-13(2)3/h7-10,12-14H,6,11H2,1-5H3,(H,21,25)(H,23,26). The highest BCUT2D eigenvalue weighted by atomic mass is 32.1. The van der Waals surface area contributed by atoms with Gasteiger partial charge in [-0.3, -0.25) is 4.79 Å². The van der Waals surface area contributed by atoms with Gasteiger partial charge in [0.05, 0.1) is 18.8 Å². The zero-order valence-electron chi connectivity index (χ0n) is 17.0. The smallest absolute Gasteiger partial charge is 0.322 e. The third kappa shape index (κ3) is 5.95. The van der Waals surface area contributed by atoms with Crippen molar-refractivity contribution in [3.05, 3.63) is 40.3 Å². The summed E-state index contributed by atoms with van der Waals surface area (Å²) in [6, 6.07) is 7.08. The van der Waals surface area contributed by atoms with Crippen LogP contribution in [0.5, 0.6) is 5.75 Å². The third-order valence-corrected chi connectivity index (χ3v) is 4.66. The van der Waals surface area contributed by atoms with Crippen molar-refractivity contribution in [1.82, 2.24) is 15.2 Å². The quantitative estimate of drug-likeness (QED) is 0.693. The summed E-state index contributed by atoms with van der Waals surface area (Å²) in [5.41, 5.74) is 0.996. The van der Waals surface area contributed by atoms with E-state index in [1.807, 2.05) is 52.8 Å². The fraction of sp³-hybridized carbons (Fsp3) is 0.450. The summed E-state index contributed by atoms with van der Waals surface area (Å²) in [7, 11) is 0. The van der Waals surface area contributed by atoms with Crippen LogP contribution in [0.1, 0.15) is 50.1 Å². The zero-order chi connectivity index (χ0) is 20.7. The van der Waals surface area contributed by atoms with Gasteiger partial charge in [-0.2, -0.15) is 0 Å². The fourth-order valence-electron chi connectivity index (χ4n) is 2.50. The van der Waals surface area contributed by atoms with Crippen LogP contribution < -0.4 is 15.4 Å². The summed E-state index contributed by atoms with van der Waals surface area (Å²) in [6.45, 7) is 10.4. The minimum absolute atomic E-state index is 0.0426. The highest BCUT2D eigenvalue weighted by Crippen LogP contribution is 2.25. The minimum atomic E-state index is -0.245. The number of thiazole rings is 1. The van der Waals surface area contributed by atoms with E-state index in [1.54, 1.807) is 16.3 Å². The summed E-state index contributed by atoms with van der Waals surface area (Å²) in [5.74, 6) is 0.424. The van der Waals surface area contributed by atoms with Crippen LogP contribution in [0.25, 0.3) is 0 Å². The highest BCUT2D eigenvalue weighted by molar-refractivity contribution is 7.09. The molecule has 2 aromatic rings. The molecule has 2 rings (SSSR count). The molecular weight excluding hydrogens is 376 g/mol. The van der Waals surface area contributed by atoms with Crippen molar-refractivity contribution in [1.29, 1.82) is 0 Å². The van der Waals surface area contributed by atoms with E-state index in [-0.39, 0.29) is 24.0 Å². The molecule has 0 radical (unpaired) electrons. The van der Waals surface area contributed by atoms with Crippen molar-refractivity contribution in [3.63, 3.8) is 0 Å². The van der Waals surface area contributed by atoms with Crippen molar-refractivity contribution < 1.29 is 14.3 Å². The number of anilines is 1. The van der Waals surface area contributed by atoms with Gasteiger partial charge in [-0.15, -0.1) is 11.3 Å². The molecule has 0 aliphatic heterocycles. The number of benzene rings is 1. The van der Waals surface area contributed by atoms with Crippen LogP contribution in [0.15, 0.2) is 29.6 Å². The predicted octanol–water partition coefficient (Wildman–Crippen LogP) is 4.12. The van der Waals surface area contributed by atoms with Gasteiger partial charge in [0, 0.05) is 17.5 Å². The Kier molecular flexibility index (Phi) is 7.80. The Balaban J connectivity index is 2.10. The lowest BCUT2D eigenvalue weighted by Gasteiger charge is -2.26. The van der Waals surface area contributed by atoms with Crippen molar-refractivity contribution >= 4 is 29.0 Å². The first kappa shape index (κ1) is 21.7. The van der Waals surface area contributed by atoms with Crippen molar-refractivity contribution in [2.24, 2.45) is 0 Å². The molecule has 0 aliphatic rings. The van der Waals surface area contributed by atoms with Crippen LogP contribution in [0, 0.1) is 0 Å². The molecule has 0 spiro atoms. The Morgan fingerprint density at radius 1 is 1.21 bits per heavy atom. The van der Waals surface area contributed by atoms with E-state index in [4.69, 9.17) is 4.74 Å². The number of para-hydroxylation sites is 2. The van der Waals surface area contributed by atoms with Gasteiger partial charge in [0.25, 0.3) is 5.91 Å². The van der Waals surface area contributed by atoms with E-state index in [9.17, 15) is 9.59 Å². The molecule has 28 heavy (non-hydrogen) atoms. The van der Waals surface area contributed by atoms with Crippen LogP contribution >= 0.6 is 11.3 Å². The molecule has 0 fully saturated rings.